The summed E-state index contributed by atoms with van der Waals surface area (Å²) >= 11 is 2.90. The lowest BCUT2D eigenvalue weighted by molar-refractivity contribution is 0.641. The van der Waals surface area contributed by atoms with Crippen LogP contribution in [0.25, 0.3) is 0 Å². The van der Waals surface area contributed by atoms with Crippen LogP contribution in [-0.4, -0.2) is 26.2 Å². The van der Waals surface area contributed by atoms with Gasteiger partial charge in [0.25, 0.3) is 0 Å². The fourth-order valence-electron chi connectivity index (χ4n) is 1.23. The Labute approximate surface area is 108 Å². The first-order chi connectivity index (χ1) is 8.28. The minimum Gasteiger partial charge on any atom is -0.327 e. The molecule has 1 atom stereocenters. The summed E-state index contributed by atoms with van der Waals surface area (Å²) in [4.78, 5) is 8.55. The summed E-state index contributed by atoms with van der Waals surface area (Å²) in [6.07, 6.45) is 5.43. The van der Waals surface area contributed by atoms with Gasteiger partial charge in [0.05, 0.1) is 0 Å². The fraction of sp³-hybridized carbons (Fsp3) is 0.400. The van der Waals surface area contributed by atoms with Crippen molar-refractivity contribution in [3.63, 3.8) is 0 Å². The fourth-order valence-corrected chi connectivity index (χ4v) is 2.51. The van der Waals surface area contributed by atoms with E-state index in [-0.39, 0.29) is 6.04 Å². The van der Waals surface area contributed by atoms with E-state index in [0.717, 1.165) is 22.7 Å². The molecule has 0 fully saturated rings. The van der Waals surface area contributed by atoms with E-state index in [4.69, 9.17) is 5.73 Å². The van der Waals surface area contributed by atoms with Gasteiger partial charge < -0.3 is 5.73 Å². The molecule has 2 aromatic heterocycles. The highest BCUT2D eigenvalue weighted by atomic mass is 32.2. The Balaban J connectivity index is 1.98. The molecule has 7 heteroatoms. The van der Waals surface area contributed by atoms with Crippen LogP contribution in [0.3, 0.4) is 0 Å². The molecule has 0 aliphatic rings. The highest BCUT2D eigenvalue weighted by Crippen LogP contribution is 2.24. The van der Waals surface area contributed by atoms with Crippen LogP contribution < -0.4 is 5.73 Å². The average molecular weight is 267 g/mol. The lowest BCUT2D eigenvalue weighted by Crippen LogP contribution is -2.21. The average Bonchev–Trinajstić information content (AvgIpc) is 2.84. The second-order valence-corrected chi connectivity index (χ2v) is 5.60. The highest BCUT2D eigenvalue weighted by Gasteiger charge is 2.05. The van der Waals surface area contributed by atoms with Crippen molar-refractivity contribution in [3.05, 3.63) is 23.5 Å². The Morgan fingerprint density at radius 2 is 2.18 bits per heavy atom. The van der Waals surface area contributed by atoms with Gasteiger partial charge in [-0.3, -0.25) is 0 Å². The van der Waals surface area contributed by atoms with Gasteiger partial charge in [-0.05, 0) is 30.2 Å². The molecule has 0 bridgehead atoms. The summed E-state index contributed by atoms with van der Waals surface area (Å²) in [7, 11) is 0. The molecule has 17 heavy (non-hydrogen) atoms. The van der Waals surface area contributed by atoms with Gasteiger partial charge in [0.1, 0.15) is 5.51 Å². The van der Waals surface area contributed by atoms with Gasteiger partial charge in [0.2, 0.25) is 0 Å². The number of nitrogens with two attached hydrogens (primary N) is 1. The van der Waals surface area contributed by atoms with Gasteiger partial charge in [-0.25, -0.2) is 9.97 Å². The van der Waals surface area contributed by atoms with Gasteiger partial charge in [-0.2, -0.15) is 0 Å². The molecule has 90 valence electrons. The molecular weight excluding hydrogens is 254 g/mol. The molecule has 5 nitrogen and oxygen atoms in total. The van der Waals surface area contributed by atoms with Crippen LogP contribution in [0, 0.1) is 0 Å². The maximum Gasteiger partial charge on any atom is 0.194 e. The van der Waals surface area contributed by atoms with Crippen LogP contribution in [0.15, 0.2) is 27.4 Å². The number of nitrogens with zero attached hydrogens (tertiary/aromatic N) is 4. The topological polar surface area (TPSA) is 77.6 Å². The number of aromatic nitrogens is 4. The van der Waals surface area contributed by atoms with E-state index in [1.54, 1.807) is 5.51 Å². The second kappa shape index (κ2) is 6.04. The van der Waals surface area contributed by atoms with Gasteiger partial charge in [0.15, 0.2) is 9.50 Å². The second-order valence-electron chi connectivity index (χ2n) is 3.55. The SMILES string of the molecule is CCC(N)Cc1cnc(Sc2nncs2)nc1. The third kappa shape index (κ3) is 3.72. The standard InChI is InChI=1S/C10H13N5S2/c1-2-8(11)3-7-4-12-9(13-5-7)17-10-15-14-6-16-10/h4-6,8H,2-3,11H2,1H3. The summed E-state index contributed by atoms with van der Waals surface area (Å²) in [5, 5.41) is 8.38. The Hall–Kier alpha value is -1.05. The third-order valence-electron chi connectivity index (χ3n) is 2.22. The first kappa shape index (κ1) is 12.4. The van der Waals surface area contributed by atoms with Gasteiger partial charge >= 0.3 is 0 Å². The van der Waals surface area contributed by atoms with Crippen LogP contribution in [0.2, 0.25) is 0 Å². The minimum atomic E-state index is 0.181. The molecule has 0 aliphatic heterocycles. The zero-order valence-electron chi connectivity index (χ0n) is 9.41. The van der Waals surface area contributed by atoms with E-state index in [1.165, 1.54) is 23.1 Å². The highest BCUT2D eigenvalue weighted by molar-refractivity contribution is 8.00. The van der Waals surface area contributed by atoms with Crippen LogP contribution in [0.4, 0.5) is 0 Å². The lowest BCUT2D eigenvalue weighted by Gasteiger charge is -2.07. The normalized spacial score (nSPS) is 12.6. The molecule has 0 saturated carbocycles. The smallest absolute Gasteiger partial charge is 0.194 e. The summed E-state index contributed by atoms with van der Waals surface area (Å²) in [5.41, 5.74) is 8.64. The molecule has 0 saturated heterocycles. The third-order valence-corrected chi connectivity index (χ3v) is 3.89. The lowest BCUT2D eigenvalue weighted by atomic mass is 10.1. The summed E-state index contributed by atoms with van der Waals surface area (Å²) in [6.45, 7) is 2.07. The van der Waals surface area contributed by atoms with Crippen molar-refractivity contribution in [2.24, 2.45) is 5.73 Å². The van der Waals surface area contributed by atoms with Crippen molar-refractivity contribution in [2.75, 3.05) is 0 Å². The molecule has 2 aromatic rings. The van der Waals surface area contributed by atoms with Crippen molar-refractivity contribution in [1.29, 1.82) is 0 Å². The molecule has 2 rings (SSSR count). The zero-order valence-corrected chi connectivity index (χ0v) is 11.0. The molecule has 0 amide bonds. The predicted octanol–water partition coefficient (Wildman–Crippen LogP) is 1.76. The molecule has 0 radical (unpaired) electrons. The Kier molecular flexibility index (Phi) is 4.41. The van der Waals surface area contributed by atoms with Gasteiger partial charge in [0, 0.05) is 18.4 Å². The maximum absolute atomic E-state index is 5.88. The Bertz CT molecular complexity index is 442. The van der Waals surface area contributed by atoms with Crippen LogP contribution >= 0.6 is 23.1 Å². The maximum atomic E-state index is 5.88. The van der Waals surface area contributed by atoms with Crippen LogP contribution in [0.5, 0.6) is 0 Å². The van der Waals surface area contributed by atoms with Crippen molar-refractivity contribution >= 4 is 23.1 Å². The minimum absolute atomic E-state index is 0.181. The predicted molar refractivity (Wildman–Crippen MR) is 68.0 cm³/mol. The van der Waals surface area contributed by atoms with Crippen molar-refractivity contribution in [3.8, 4) is 0 Å². The molecule has 2 N–H and O–H groups in total. The molecule has 1 unspecified atom stereocenters. The Morgan fingerprint density at radius 1 is 1.41 bits per heavy atom. The quantitative estimate of drug-likeness (QED) is 0.832. The van der Waals surface area contributed by atoms with E-state index >= 15 is 0 Å². The van der Waals surface area contributed by atoms with E-state index in [9.17, 15) is 0 Å². The summed E-state index contributed by atoms with van der Waals surface area (Å²) in [5.74, 6) is 0. The largest absolute Gasteiger partial charge is 0.327 e. The number of hydrogen-bond donors (Lipinski definition) is 1. The summed E-state index contributed by atoms with van der Waals surface area (Å²) in [6, 6.07) is 0.181. The first-order valence-electron chi connectivity index (χ1n) is 5.28. The van der Waals surface area contributed by atoms with Gasteiger partial charge in [-0.15, -0.1) is 10.2 Å². The first-order valence-corrected chi connectivity index (χ1v) is 6.98. The van der Waals surface area contributed by atoms with Crippen LogP contribution in [0.1, 0.15) is 18.9 Å². The molecule has 2 heterocycles. The number of hydrogen-bond acceptors (Lipinski definition) is 7. The monoisotopic (exact) mass is 267 g/mol. The van der Waals surface area contributed by atoms with Crippen molar-refractivity contribution in [2.45, 2.75) is 35.3 Å². The van der Waals surface area contributed by atoms with E-state index in [1.807, 2.05) is 12.4 Å². The zero-order chi connectivity index (χ0) is 12.1. The van der Waals surface area contributed by atoms with Crippen LogP contribution in [-0.2, 0) is 6.42 Å². The van der Waals surface area contributed by atoms with Gasteiger partial charge in [-0.1, -0.05) is 18.3 Å². The molecular formula is C10H13N5S2. The van der Waals surface area contributed by atoms with Crippen molar-refractivity contribution in [1.82, 2.24) is 20.2 Å². The van der Waals surface area contributed by atoms with E-state index < -0.39 is 0 Å². The number of rotatable bonds is 5. The Morgan fingerprint density at radius 3 is 2.76 bits per heavy atom. The summed E-state index contributed by atoms with van der Waals surface area (Å²) < 4.78 is 0.850. The van der Waals surface area contributed by atoms with E-state index in [2.05, 4.69) is 27.1 Å². The van der Waals surface area contributed by atoms with Crippen molar-refractivity contribution < 1.29 is 0 Å². The molecule has 0 spiro atoms. The van der Waals surface area contributed by atoms with E-state index in [0.29, 0.717) is 5.16 Å². The molecule has 0 aromatic carbocycles. The molecule has 0 aliphatic carbocycles.